The number of rotatable bonds is 4. The summed E-state index contributed by atoms with van der Waals surface area (Å²) in [6.07, 6.45) is 1.50. The van der Waals surface area contributed by atoms with E-state index in [-0.39, 0.29) is 18.4 Å². The fourth-order valence-corrected chi connectivity index (χ4v) is 2.68. The van der Waals surface area contributed by atoms with Gasteiger partial charge in [-0.1, -0.05) is 18.2 Å². The number of nitrogens with zero attached hydrogens (tertiary/aromatic N) is 2. The van der Waals surface area contributed by atoms with E-state index in [2.05, 4.69) is 0 Å². The molecule has 0 N–H and O–H groups in total. The first-order valence-electron chi connectivity index (χ1n) is 7.94. The second-order valence-electron chi connectivity index (χ2n) is 5.67. The Morgan fingerprint density at radius 1 is 1.04 bits per heavy atom. The highest BCUT2D eigenvalue weighted by molar-refractivity contribution is 5.93. The zero-order chi connectivity index (χ0) is 16.9. The van der Waals surface area contributed by atoms with Crippen molar-refractivity contribution in [2.24, 2.45) is 0 Å². The van der Waals surface area contributed by atoms with Crippen molar-refractivity contribution in [3.8, 4) is 5.75 Å². The van der Waals surface area contributed by atoms with Crippen LogP contribution in [0.4, 0.5) is 0 Å². The van der Waals surface area contributed by atoms with Gasteiger partial charge in [0, 0.05) is 38.7 Å². The van der Waals surface area contributed by atoms with Crippen LogP contribution in [0.5, 0.6) is 5.75 Å². The highest BCUT2D eigenvalue weighted by atomic mass is 16.5. The SMILES string of the molecule is CC(=O)N1CCN(C(=O)c2occc2COc2ccccc2)CC1. The molecule has 1 saturated heterocycles. The Labute approximate surface area is 140 Å². The van der Waals surface area contributed by atoms with Gasteiger partial charge in [0.25, 0.3) is 5.91 Å². The van der Waals surface area contributed by atoms with Crippen LogP contribution in [-0.2, 0) is 11.4 Å². The number of hydrogen-bond acceptors (Lipinski definition) is 4. The Bertz CT molecular complexity index is 703. The molecule has 24 heavy (non-hydrogen) atoms. The molecular weight excluding hydrogens is 308 g/mol. The lowest BCUT2D eigenvalue weighted by Gasteiger charge is -2.33. The summed E-state index contributed by atoms with van der Waals surface area (Å²) in [5.41, 5.74) is 0.720. The van der Waals surface area contributed by atoms with E-state index in [1.165, 1.54) is 6.26 Å². The van der Waals surface area contributed by atoms with Crippen molar-refractivity contribution < 1.29 is 18.7 Å². The molecule has 0 radical (unpaired) electrons. The van der Waals surface area contributed by atoms with Crippen LogP contribution in [0.3, 0.4) is 0 Å². The minimum atomic E-state index is -0.158. The van der Waals surface area contributed by atoms with Crippen LogP contribution in [0.15, 0.2) is 47.1 Å². The van der Waals surface area contributed by atoms with Crippen molar-refractivity contribution in [3.63, 3.8) is 0 Å². The van der Waals surface area contributed by atoms with E-state index in [0.29, 0.717) is 31.9 Å². The van der Waals surface area contributed by atoms with Crippen LogP contribution in [0.2, 0.25) is 0 Å². The highest BCUT2D eigenvalue weighted by Gasteiger charge is 2.26. The molecule has 1 fully saturated rings. The van der Waals surface area contributed by atoms with Crippen molar-refractivity contribution >= 4 is 11.8 Å². The van der Waals surface area contributed by atoms with E-state index in [0.717, 1.165) is 11.3 Å². The minimum absolute atomic E-state index is 0.0389. The summed E-state index contributed by atoms with van der Waals surface area (Å²) in [6.45, 7) is 3.95. The maximum atomic E-state index is 12.6. The molecule has 2 amide bonds. The summed E-state index contributed by atoms with van der Waals surface area (Å²) in [7, 11) is 0. The molecule has 1 aliphatic heterocycles. The molecule has 1 aliphatic rings. The largest absolute Gasteiger partial charge is 0.489 e. The summed E-state index contributed by atoms with van der Waals surface area (Å²) in [5.74, 6) is 0.932. The van der Waals surface area contributed by atoms with Crippen LogP contribution >= 0.6 is 0 Å². The molecule has 0 unspecified atom stereocenters. The van der Waals surface area contributed by atoms with E-state index in [1.807, 2.05) is 30.3 Å². The molecule has 0 spiro atoms. The van der Waals surface area contributed by atoms with E-state index in [9.17, 15) is 9.59 Å². The van der Waals surface area contributed by atoms with Gasteiger partial charge in [0.1, 0.15) is 12.4 Å². The molecule has 3 rings (SSSR count). The van der Waals surface area contributed by atoms with E-state index in [4.69, 9.17) is 9.15 Å². The van der Waals surface area contributed by atoms with Crippen molar-refractivity contribution in [1.29, 1.82) is 0 Å². The molecular formula is C18H20N2O4. The fraction of sp³-hybridized carbons (Fsp3) is 0.333. The van der Waals surface area contributed by atoms with Gasteiger partial charge in [-0.05, 0) is 18.2 Å². The second-order valence-corrected chi connectivity index (χ2v) is 5.67. The van der Waals surface area contributed by atoms with Gasteiger partial charge in [-0.15, -0.1) is 0 Å². The lowest BCUT2D eigenvalue weighted by Crippen LogP contribution is -2.50. The summed E-state index contributed by atoms with van der Waals surface area (Å²) in [6, 6.07) is 11.2. The number of hydrogen-bond donors (Lipinski definition) is 0. The number of benzene rings is 1. The van der Waals surface area contributed by atoms with Gasteiger partial charge in [-0.3, -0.25) is 9.59 Å². The van der Waals surface area contributed by atoms with E-state index >= 15 is 0 Å². The summed E-state index contributed by atoms with van der Waals surface area (Å²) in [5, 5.41) is 0. The predicted molar refractivity (Wildman–Crippen MR) is 87.6 cm³/mol. The molecule has 0 atom stereocenters. The van der Waals surface area contributed by atoms with Gasteiger partial charge in [0.15, 0.2) is 5.76 Å². The van der Waals surface area contributed by atoms with Crippen molar-refractivity contribution in [2.45, 2.75) is 13.5 Å². The zero-order valence-electron chi connectivity index (χ0n) is 13.6. The number of furan rings is 1. The number of carbonyl (C=O) groups is 2. The molecule has 6 heteroatoms. The van der Waals surface area contributed by atoms with E-state index in [1.54, 1.807) is 22.8 Å². The van der Waals surface area contributed by atoms with E-state index < -0.39 is 0 Å². The van der Waals surface area contributed by atoms with Gasteiger partial charge >= 0.3 is 0 Å². The van der Waals surface area contributed by atoms with Crippen molar-refractivity contribution in [3.05, 3.63) is 54.0 Å². The van der Waals surface area contributed by atoms with Crippen LogP contribution in [0.25, 0.3) is 0 Å². The minimum Gasteiger partial charge on any atom is -0.489 e. The van der Waals surface area contributed by atoms with Crippen molar-refractivity contribution in [1.82, 2.24) is 9.80 Å². The third-order valence-electron chi connectivity index (χ3n) is 4.09. The first-order chi connectivity index (χ1) is 11.6. The molecule has 6 nitrogen and oxygen atoms in total. The monoisotopic (exact) mass is 328 g/mol. The standard InChI is InChI=1S/C18H20N2O4/c1-14(21)19-8-10-20(11-9-19)18(22)17-15(7-12-23-17)13-24-16-5-3-2-4-6-16/h2-7,12H,8-11,13H2,1H3. The Hall–Kier alpha value is -2.76. The third kappa shape index (κ3) is 3.59. The lowest BCUT2D eigenvalue weighted by molar-refractivity contribution is -0.130. The normalized spacial score (nSPS) is 14.5. The molecule has 1 aromatic carbocycles. The predicted octanol–water partition coefficient (Wildman–Crippen LogP) is 2.16. The molecule has 2 heterocycles. The van der Waals surface area contributed by atoms with Gasteiger partial charge < -0.3 is 19.0 Å². The van der Waals surface area contributed by atoms with Crippen molar-refractivity contribution in [2.75, 3.05) is 26.2 Å². The van der Waals surface area contributed by atoms with Gasteiger partial charge in [0.05, 0.1) is 6.26 Å². The first-order valence-corrected chi connectivity index (χ1v) is 7.94. The smallest absolute Gasteiger partial charge is 0.290 e. The second kappa shape index (κ2) is 7.21. The average Bonchev–Trinajstić information content (AvgIpc) is 3.09. The van der Waals surface area contributed by atoms with Gasteiger partial charge in [0.2, 0.25) is 5.91 Å². The van der Waals surface area contributed by atoms with Gasteiger partial charge in [-0.25, -0.2) is 0 Å². The number of ether oxygens (including phenoxy) is 1. The van der Waals surface area contributed by atoms with Crippen LogP contribution in [0, 0.1) is 0 Å². The Kier molecular flexibility index (Phi) is 4.84. The Morgan fingerprint density at radius 3 is 2.38 bits per heavy atom. The number of para-hydroxylation sites is 1. The number of carbonyl (C=O) groups excluding carboxylic acids is 2. The first kappa shape index (κ1) is 16.1. The molecule has 0 saturated carbocycles. The van der Waals surface area contributed by atoms with Crippen LogP contribution in [0.1, 0.15) is 23.0 Å². The third-order valence-corrected chi connectivity index (χ3v) is 4.09. The average molecular weight is 328 g/mol. The van der Waals surface area contributed by atoms with Crippen LogP contribution in [-0.4, -0.2) is 47.8 Å². The Morgan fingerprint density at radius 2 is 1.71 bits per heavy atom. The highest BCUT2D eigenvalue weighted by Crippen LogP contribution is 2.18. The lowest BCUT2D eigenvalue weighted by atomic mass is 10.2. The molecule has 1 aromatic heterocycles. The summed E-state index contributed by atoms with van der Waals surface area (Å²) < 4.78 is 11.1. The zero-order valence-corrected chi connectivity index (χ0v) is 13.6. The van der Waals surface area contributed by atoms with Crippen LogP contribution < -0.4 is 4.74 Å². The van der Waals surface area contributed by atoms with Gasteiger partial charge in [-0.2, -0.15) is 0 Å². The molecule has 126 valence electrons. The summed E-state index contributed by atoms with van der Waals surface area (Å²) in [4.78, 5) is 27.5. The number of amides is 2. The topological polar surface area (TPSA) is 63.0 Å². The maximum absolute atomic E-state index is 12.6. The molecule has 0 aliphatic carbocycles. The molecule has 2 aromatic rings. The quantitative estimate of drug-likeness (QED) is 0.863. The summed E-state index contributed by atoms with van der Waals surface area (Å²) >= 11 is 0. The maximum Gasteiger partial charge on any atom is 0.290 e. The fourth-order valence-electron chi connectivity index (χ4n) is 2.68. The number of piperazine rings is 1. The molecule has 0 bridgehead atoms. The Balaban J connectivity index is 1.62.